The molecule has 0 aromatic heterocycles. The van der Waals surface area contributed by atoms with Gasteiger partial charge in [0.2, 0.25) is 0 Å². The van der Waals surface area contributed by atoms with Crippen LogP contribution in [0.2, 0.25) is 0 Å². The van der Waals surface area contributed by atoms with Gasteiger partial charge in [0.05, 0.1) is 14.2 Å². The van der Waals surface area contributed by atoms with Gasteiger partial charge in [-0.3, -0.25) is 9.69 Å². The zero-order valence-electron chi connectivity index (χ0n) is 19.8. The standard InChI is InChI=1S/C29H31NO4/c1-32-27-15-10-22(21-28(27)33-2)20-26(23-8-4-3-5-9-23)29(31)24-11-13-25(14-12-24)34-19-18-30-16-6-7-17-30/h3-5,8-15,20-21H,6-7,16-19H2,1-2H3. The Morgan fingerprint density at radius 1 is 0.853 bits per heavy atom. The number of likely N-dealkylation sites (tertiary alicyclic amines) is 1. The molecule has 0 radical (unpaired) electrons. The van der Waals surface area contributed by atoms with Crippen LogP contribution >= 0.6 is 0 Å². The summed E-state index contributed by atoms with van der Waals surface area (Å²) in [5.41, 5.74) is 2.93. The van der Waals surface area contributed by atoms with E-state index in [1.54, 1.807) is 14.2 Å². The van der Waals surface area contributed by atoms with E-state index in [1.165, 1.54) is 12.8 Å². The fraction of sp³-hybridized carbons (Fsp3) is 0.276. The molecule has 1 aliphatic rings. The molecule has 0 atom stereocenters. The minimum absolute atomic E-state index is 0.0513. The number of benzene rings is 3. The molecule has 176 valence electrons. The van der Waals surface area contributed by atoms with Crippen LogP contribution in [0, 0.1) is 0 Å². The normalized spacial score (nSPS) is 14.1. The highest BCUT2D eigenvalue weighted by molar-refractivity contribution is 6.32. The van der Waals surface area contributed by atoms with Crippen LogP contribution in [0.15, 0.2) is 72.8 Å². The summed E-state index contributed by atoms with van der Waals surface area (Å²) in [6.45, 7) is 3.91. The average Bonchev–Trinajstić information content (AvgIpc) is 3.41. The lowest BCUT2D eigenvalue weighted by molar-refractivity contribution is 0.105. The fourth-order valence-electron chi connectivity index (χ4n) is 4.16. The van der Waals surface area contributed by atoms with Gasteiger partial charge in [-0.1, -0.05) is 36.4 Å². The molecular weight excluding hydrogens is 426 g/mol. The first-order valence-electron chi connectivity index (χ1n) is 11.7. The molecule has 0 amide bonds. The highest BCUT2D eigenvalue weighted by Gasteiger charge is 2.16. The molecule has 1 saturated heterocycles. The van der Waals surface area contributed by atoms with Crippen molar-refractivity contribution in [2.75, 3.05) is 40.5 Å². The topological polar surface area (TPSA) is 48.0 Å². The van der Waals surface area contributed by atoms with Crippen LogP contribution in [0.5, 0.6) is 17.2 Å². The van der Waals surface area contributed by atoms with E-state index in [0.29, 0.717) is 29.2 Å². The molecular formula is C29H31NO4. The van der Waals surface area contributed by atoms with Crippen molar-refractivity contribution in [3.63, 3.8) is 0 Å². The quantitative estimate of drug-likeness (QED) is 0.225. The predicted octanol–water partition coefficient (Wildman–Crippen LogP) is 5.60. The van der Waals surface area contributed by atoms with Crippen LogP contribution in [0.1, 0.15) is 34.3 Å². The van der Waals surface area contributed by atoms with Crippen molar-refractivity contribution in [3.8, 4) is 17.2 Å². The van der Waals surface area contributed by atoms with Crippen molar-refractivity contribution in [1.29, 1.82) is 0 Å². The largest absolute Gasteiger partial charge is 0.493 e. The summed E-state index contributed by atoms with van der Waals surface area (Å²) in [4.78, 5) is 16.0. The summed E-state index contributed by atoms with van der Waals surface area (Å²) < 4.78 is 16.7. The summed E-state index contributed by atoms with van der Waals surface area (Å²) in [5.74, 6) is 1.99. The highest BCUT2D eigenvalue weighted by Crippen LogP contribution is 2.30. The van der Waals surface area contributed by atoms with E-state index >= 15 is 0 Å². The summed E-state index contributed by atoms with van der Waals surface area (Å²) >= 11 is 0. The second-order valence-electron chi connectivity index (χ2n) is 8.29. The van der Waals surface area contributed by atoms with Gasteiger partial charge in [-0.2, -0.15) is 0 Å². The van der Waals surface area contributed by atoms with Crippen LogP contribution in [0.25, 0.3) is 11.6 Å². The van der Waals surface area contributed by atoms with Gasteiger partial charge in [0.15, 0.2) is 17.3 Å². The Morgan fingerprint density at radius 2 is 1.56 bits per heavy atom. The van der Waals surface area contributed by atoms with Crippen molar-refractivity contribution in [3.05, 3.63) is 89.5 Å². The van der Waals surface area contributed by atoms with Crippen molar-refractivity contribution in [2.45, 2.75) is 12.8 Å². The third-order valence-corrected chi connectivity index (χ3v) is 6.04. The Morgan fingerprint density at radius 3 is 2.24 bits per heavy atom. The number of allylic oxidation sites excluding steroid dienone is 1. The van der Waals surface area contributed by atoms with E-state index in [2.05, 4.69) is 4.90 Å². The minimum Gasteiger partial charge on any atom is -0.493 e. The Hall–Kier alpha value is -3.57. The van der Waals surface area contributed by atoms with Gasteiger partial charge in [-0.15, -0.1) is 0 Å². The van der Waals surface area contributed by atoms with Crippen molar-refractivity contribution in [2.24, 2.45) is 0 Å². The molecule has 0 unspecified atom stereocenters. The zero-order valence-corrected chi connectivity index (χ0v) is 19.8. The highest BCUT2D eigenvalue weighted by atomic mass is 16.5. The number of ketones is 1. The van der Waals surface area contributed by atoms with Gasteiger partial charge in [0, 0.05) is 17.7 Å². The molecule has 3 aromatic rings. The number of hydrogen-bond donors (Lipinski definition) is 0. The van der Waals surface area contributed by atoms with E-state index in [4.69, 9.17) is 14.2 Å². The van der Waals surface area contributed by atoms with Crippen molar-refractivity contribution < 1.29 is 19.0 Å². The number of hydrogen-bond acceptors (Lipinski definition) is 5. The summed E-state index contributed by atoms with van der Waals surface area (Å²) in [6, 6.07) is 22.7. The molecule has 0 N–H and O–H groups in total. The molecule has 1 aliphatic heterocycles. The first-order valence-corrected chi connectivity index (χ1v) is 11.7. The predicted molar refractivity (Wildman–Crippen MR) is 136 cm³/mol. The first kappa shape index (κ1) is 23.6. The van der Waals surface area contributed by atoms with Crippen LogP contribution < -0.4 is 14.2 Å². The molecule has 0 spiro atoms. The lowest BCUT2D eigenvalue weighted by Crippen LogP contribution is -2.25. The average molecular weight is 458 g/mol. The number of Topliss-reactive ketones (excluding diaryl/α,β-unsaturated/α-hetero) is 1. The smallest absolute Gasteiger partial charge is 0.193 e. The lowest BCUT2D eigenvalue weighted by Gasteiger charge is -2.15. The summed E-state index contributed by atoms with van der Waals surface area (Å²) in [6.07, 6.45) is 4.44. The molecule has 0 aliphatic carbocycles. The van der Waals surface area contributed by atoms with Crippen molar-refractivity contribution in [1.82, 2.24) is 4.90 Å². The number of ether oxygens (including phenoxy) is 3. The molecule has 1 fully saturated rings. The maximum absolute atomic E-state index is 13.6. The van der Waals surface area contributed by atoms with Gasteiger partial charge >= 0.3 is 0 Å². The summed E-state index contributed by atoms with van der Waals surface area (Å²) in [7, 11) is 3.20. The molecule has 4 rings (SSSR count). The Bertz CT molecular complexity index is 1120. The minimum atomic E-state index is -0.0513. The van der Waals surface area contributed by atoms with Crippen molar-refractivity contribution >= 4 is 17.4 Å². The van der Waals surface area contributed by atoms with Gasteiger partial charge in [-0.05, 0) is 79.5 Å². The number of methoxy groups -OCH3 is 2. The molecule has 1 heterocycles. The Balaban J connectivity index is 1.54. The van der Waals surface area contributed by atoms with E-state index in [0.717, 1.165) is 36.5 Å². The fourth-order valence-corrected chi connectivity index (χ4v) is 4.16. The summed E-state index contributed by atoms with van der Waals surface area (Å²) in [5, 5.41) is 0. The number of rotatable bonds is 10. The molecule has 0 bridgehead atoms. The molecule has 0 saturated carbocycles. The van der Waals surface area contributed by atoms with E-state index in [9.17, 15) is 4.79 Å². The third-order valence-electron chi connectivity index (χ3n) is 6.04. The molecule has 3 aromatic carbocycles. The lowest BCUT2D eigenvalue weighted by atomic mass is 9.94. The molecule has 34 heavy (non-hydrogen) atoms. The van der Waals surface area contributed by atoms with Gasteiger partial charge in [0.1, 0.15) is 12.4 Å². The number of carbonyl (C=O) groups excluding carboxylic acids is 1. The first-order chi connectivity index (χ1) is 16.7. The van der Waals surface area contributed by atoms with Crippen LogP contribution in [0.4, 0.5) is 0 Å². The number of nitrogens with zero attached hydrogens (tertiary/aromatic N) is 1. The van der Waals surface area contributed by atoms with E-state index in [1.807, 2.05) is 78.9 Å². The van der Waals surface area contributed by atoms with E-state index < -0.39 is 0 Å². The van der Waals surface area contributed by atoms with Crippen LogP contribution in [0.3, 0.4) is 0 Å². The second-order valence-corrected chi connectivity index (χ2v) is 8.29. The second kappa shape index (κ2) is 11.5. The number of carbonyl (C=O) groups is 1. The molecule has 5 heteroatoms. The van der Waals surface area contributed by atoms with Gasteiger partial charge in [0.25, 0.3) is 0 Å². The maximum Gasteiger partial charge on any atom is 0.193 e. The Labute approximate surface area is 201 Å². The van der Waals surface area contributed by atoms with Gasteiger partial charge in [-0.25, -0.2) is 0 Å². The van der Waals surface area contributed by atoms with E-state index in [-0.39, 0.29) is 5.78 Å². The maximum atomic E-state index is 13.6. The Kier molecular flexibility index (Phi) is 7.99. The monoisotopic (exact) mass is 457 g/mol. The van der Waals surface area contributed by atoms with Crippen LogP contribution in [-0.4, -0.2) is 51.1 Å². The zero-order chi connectivity index (χ0) is 23.8. The van der Waals surface area contributed by atoms with Gasteiger partial charge < -0.3 is 14.2 Å². The third kappa shape index (κ3) is 5.86. The SMILES string of the molecule is COc1ccc(C=C(C(=O)c2ccc(OCCN3CCCC3)cc2)c2ccccc2)cc1OC. The van der Waals surface area contributed by atoms with Crippen LogP contribution in [-0.2, 0) is 0 Å². The molecule has 5 nitrogen and oxygen atoms in total.